The van der Waals surface area contributed by atoms with Gasteiger partial charge in [0.05, 0.1) is 29.0 Å². The van der Waals surface area contributed by atoms with Crippen LogP contribution in [-0.2, 0) is 9.31 Å². The van der Waals surface area contributed by atoms with Gasteiger partial charge in [0, 0.05) is 11.2 Å². The number of carbonyl (C=O) groups is 1. The van der Waals surface area contributed by atoms with E-state index in [1.54, 1.807) is 4.57 Å². The molecule has 1 aliphatic carbocycles. The fraction of sp³-hybridized carbons (Fsp3) is 0.321. The molecule has 7 nitrogen and oxygen atoms in total. The third kappa shape index (κ3) is 4.53. The van der Waals surface area contributed by atoms with Gasteiger partial charge in [0.1, 0.15) is 17.2 Å². The Labute approximate surface area is 219 Å². The van der Waals surface area contributed by atoms with Crippen molar-refractivity contribution in [3.05, 3.63) is 87.5 Å². The average molecular weight is 517 g/mol. The predicted octanol–water partition coefficient (Wildman–Crippen LogP) is 5.23. The molecule has 2 aliphatic rings. The largest absolute Gasteiger partial charge is 0.497 e. The van der Waals surface area contributed by atoms with Crippen LogP contribution in [0.4, 0.5) is 20.3 Å². The summed E-state index contributed by atoms with van der Waals surface area (Å²) in [5.74, 6) is -1.77. The number of carbonyl (C=O) groups excluding carboxylic acids is 1. The zero-order valence-corrected chi connectivity index (χ0v) is 21.5. The van der Waals surface area contributed by atoms with Gasteiger partial charge in [-0.3, -0.25) is 14.2 Å². The molecule has 2 heterocycles. The second kappa shape index (κ2) is 9.19. The summed E-state index contributed by atoms with van der Waals surface area (Å²) in [5.41, 5.74) is -1.44. The van der Waals surface area contributed by atoms with Gasteiger partial charge in [-0.2, -0.15) is 0 Å². The zero-order valence-electron chi connectivity index (χ0n) is 21.5. The summed E-state index contributed by atoms with van der Waals surface area (Å²) in [6.45, 7) is 15.2. The number of amides is 1. The van der Waals surface area contributed by atoms with E-state index in [-0.39, 0.29) is 34.1 Å². The first kappa shape index (κ1) is 25.8. The molecule has 2 aromatic carbocycles. The molecular formula is C28H26BF2N3O4. The Morgan fingerprint density at radius 3 is 2.26 bits per heavy atom. The van der Waals surface area contributed by atoms with Crippen molar-refractivity contribution in [1.82, 2.24) is 4.57 Å². The van der Waals surface area contributed by atoms with Crippen LogP contribution < -0.4 is 16.2 Å². The van der Waals surface area contributed by atoms with Gasteiger partial charge in [-0.05, 0) is 70.4 Å². The lowest BCUT2D eigenvalue weighted by Gasteiger charge is -2.32. The summed E-state index contributed by atoms with van der Waals surface area (Å²) in [6.07, 6.45) is 2.99. The second-order valence-corrected chi connectivity index (χ2v) is 10.6. The van der Waals surface area contributed by atoms with Crippen LogP contribution in [0.3, 0.4) is 0 Å². The van der Waals surface area contributed by atoms with E-state index < -0.39 is 41.3 Å². The molecule has 1 N–H and O–H groups in total. The molecule has 1 saturated carbocycles. The molecule has 38 heavy (non-hydrogen) atoms. The highest BCUT2D eigenvalue weighted by atomic mass is 19.1. The van der Waals surface area contributed by atoms with Crippen molar-refractivity contribution in [3.63, 3.8) is 0 Å². The molecular weight excluding hydrogens is 491 g/mol. The number of hydrogen-bond acceptors (Lipinski definition) is 4. The van der Waals surface area contributed by atoms with Gasteiger partial charge in [-0.25, -0.2) is 8.78 Å². The first-order valence-corrected chi connectivity index (χ1v) is 12.3. The van der Waals surface area contributed by atoms with Crippen LogP contribution in [0.2, 0.25) is 0 Å². The maximum atomic E-state index is 15.1. The third-order valence-electron chi connectivity index (χ3n) is 7.40. The van der Waals surface area contributed by atoms with E-state index in [4.69, 9.17) is 15.9 Å². The molecule has 0 spiro atoms. The van der Waals surface area contributed by atoms with Crippen molar-refractivity contribution in [2.24, 2.45) is 0 Å². The Morgan fingerprint density at radius 2 is 1.71 bits per heavy atom. The fourth-order valence-electron chi connectivity index (χ4n) is 4.37. The van der Waals surface area contributed by atoms with Gasteiger partial charge < -0.3 is 19.5 Å². The molecule has 1 aromatic heterocycles. The van der Waals surface area contributed by atoms with E-state index in [1.807, 2.05) is 27.7 Å². The van der Waals surface area contributed by atoms with Crippen LogP contribution in [0.1, 0.15) is 56.9 Å². The minimum atomic E-state index is -0.907. The first-order valence-electron chi connectivity index (χ1n) is 12.3. The number of anilines is 1. The van der Waals surface area contributed by atoms with Gasteiger partial charge >= 0.3 is 7.12 Å². The summed E-state index contributed by atoms with van der Waals surface area (Å²) in [4.78, 5) is 30.3. The van der Waals surface area contributed by atoms with Gasteiger partial charge in [0.2, 0.25) is 5.82 Å². The molecule has 1 amide bonds. The molecule has 1 aliphatic heterocycles. The van der Waals surface area contributed by atoms with Crippen molar-refractivity contribution < 1.29 is 22.9 Å². The topological polar surface area (TPSA) is 73.9 Å². The lowest BCUT2D eigenvalue weighted by Crippen LogP contribution is -2.41. The molecule has 194 valence electrons. The smallest absolute Gasteiger partial charge is 0.399 e. The lowest BCUT2D eigenvalue weighted by atomic mass is 9.78. The SMILES string of the molecule is [C-]#[N+]c1c(-c2ccc(F)cc2)c(=O)c(C(=O)Nc2ccc(B3OC(C)(C)C(C)(C)O3)c(F)c2)cn1C1CC1. The number of hydrogen-bond donors (Lipinski definition) is 1. The normalized spacial score (nSPS) is 17.8. The predicted molar refractivity (Wildman–Crippen MR) is 141 cm³/mol. The summed E-state index contributed by atoms with van der Waals surface area (Å²) in [6, 6.07) is 9.32. The van der Waals surface area contributed by atoms with E-state index in [9.17, 15) is 14.0 Å². The average Bonchev–Trinajstić information content (AvgIpc) is 3.66. The van der Waals surface area contributed by atoms with Crippen LogP contribution in [0, 0.1) is 18.2 Å². The van der Waals surface area contributed by atoms with E-state index in [1.165, 1.54) is 42.6 Å². The van der Waals surface area contributed by atoms with Crippen LogP contribution in [-0.4, -0.2) is 28.8 Å². The molecule has 5 rings (SSSR count). The van der Waals surface area contributed by atoms with E-state index >= 15 is 4.39 Å². The Morgan fingerprint density at radius 1 is 1.08 bits per heavy atom. The van der Waals surface area contributed by atoms with E-state index in [2.05, 4.69) is 10.2 Å². The third-order valence-corrected chi connectivity index (χ3v) is 7.40. The van der Waals surface area contributed by atoms with Crippen molar-refractivity contribution in [1.29, 1.82) is 0 Å². The van der Waals surface area contributed by atoms with Gasteiger partial charge in [0.15, 0.2) is 5.43 Å². The van der Waals surface area contributed by atoms with Crippen molar-refractivity contribution in [2.45, 2.75) is 57.8 Å². The highest BCUT2D eigenvalue weighted by molar-refractivity contribution is 6.62. The number of halogens is 2. The molecule has 10 heteroatoms. The highest BCUT2D eigenvalue weighted by Gasteiger charge is 2.52. The number of nitrogens with one attached hydrogen (secondary N) is 1. The van der Waals surface area contributed by atoms with Crippen LogP contribution in [0.15, 0.2) is 53.5 Å². The van der Waals surface area contributed by atoms with Gasteiger partial charge in [-0.15, -0.1) is 0 Å². The minimum absolute atomic E-state index is 0.0120. The molecule has 2 fully saturated rings. The summed E-state index contributed by atoms with van der Waals surface area (Å²) < 4.78 is 42.1. The number of pyridine rings is 1. The number of nitrogens with zero attached hydrogens (tertiary/aromatic N) is 2. The summed E-state index contributed by atoms with van der Waals surface area (Å²) in [5, 5.41) is 2.59. The van der Waals surface area contributed by atoms with E-state index in [0.717, 1.165) is 18.9 Å². The molecule has 0 unspecified atom stereocenters. The first-order chi connectivity index (χ1) is 17.9. The summed E-state index contributed by atoms with van der Waals surface area (Å²) in [7, 11) is -0.907. The number of rotatable bonds is 5. The van der Waals surface area contributed by atoms with E-state index in [0.29, 0.717) is 5.56 Å². The number of aromatic nitrogens is 1. The quantitative estimate of drug-likeness (QED) is 0.372. The van der Waals surface area contributed by atoms with Crippen molar-refractivity contribution in [2.75, 3.05) is 5.32 Å². The molecule has 3 aromatic rings. The monoisotopic (exact) mass is 517 g/mol. The van der Waals surface area contributed by atoms with Gasteiger partial charge in [0.25, 0.3) is 5.91 Å². The number of benzene rings is 2. The standard InChI is InChI=1S/C28H26BF2N3O4/c1-27(2)28(3,4)38-29(37-27)21-13-10-18(14-22(21)31)33-26(36)20-15-34(19-11-12-19)25(32-5)23(24(20)35)16-6-8-17(30)9-7-16/h6-10,13-15,19H,11-12H2,1-4H3,(H,33,36). The lowest BCUT2D eigenvalue weighted by molar-refractivity contribution is 0.00578. The Bertz CT molecular complexity index is 1520. The Balaban J connectivity index is 1.48. The van der Waals surface area contributed by atoms with Crippen LogP contribution in [0.25, 0.3) is 16.0 Å². The minimum Gasteiger partial charge on any atom is -0.399 e. The zero-order chi connectivity index (χ0) is 27.4. The molecule has 0 bridgehead atoms. The molecule has 1 saturated heterocycles. The maximum absolute atomic E-state index is 15.1. The Hall–Kier alpha value is -3.81. The fourth-order valence-corrected chi connectivity index (χ4v) is 4.37. The van der Waals surface area contributed by atoms with Gasteiger partial charge in [-0.1, -0.05) is 24.8 Å². The second-order valence-electron chi connectivity index (χ2n) is 10.6. The van der Waals surface area contributed by atoms with Crippen molar-refractivity contribution >= 4 is 30.0 Å². The highest BCUT2D eigenvalue weighted by Crippen LogP contribution is 2.41. The molecule has 0 radical (unpaired) electrons. The maximum Gasteiger partial charge on any atom is 0.497 e. The van der Waals surface area contributed by atoms with Crippen molar-refractivity contribution in [3.8, 4) is 11.1 Å². The Kier molecular flexibility index (Phi) is 6.24. The molecule has 0 atom stereocenters. The summed E-state index contributed by atoms with van der Waals surface area (Å²) >= 11 is 0. The van der Waals surface area contributed by atoms with Crippen LogP contribution in [0.5, 0.6) is 0 Å². The van der Waals surface area contributed by atoms with Crippen LogP contribution >= 0.6 is 0 Å².